The molecule has 2 rings (SSSR count). The third kappa shape index (κ3) is 3.92. The van der Waals surface area contributed by atoms with Crippen LogP contribution in [0.1, 0.15) is 22.3 Å². The Labute approximate surface area is 119 Å². The predicted molar refractivity (Wildman–Crippen MR) is 78.7 cm³/mol. The molecule has 0 aliphatic rings. The van der Waals surface area contributed by atoms with Gasteiger partial charge in [0.05, 0.1) is 5.92 Å². The molecule has 3 heteroatoms. The first kappa shape index (κ1) is 14.3. The van der Waals surface area contributed by atoms with Crippen LogP contribution in [0.15, 0.2) is 42.7 Å². The monoisotopic (exact) mass is 269 g/mol. The highest BCUT2D eigenvalue weighted by molar-refractivity contribution is 5.70. The zero-order valence-corrected chi connectivity index (χ0v) is 11.8. The van der Waals surface area contributed by atoms with Crippen LogP contribution in [0.4, 0.5) is 0 Å². The van der Waals surface area contributed by atoms with Crippen molar-refractivity contribution < 1.29 is 9.90 Å². The van der Waals surface area contributed by atoms with E-state index in [-0.39, 0.29) is 0 Å². The van der Waals surface area contributed by atoms with E-state index < -0.39 is 11.9 Å². The van der Waals surface area contributed by atoms with E-state index >= 15 is 0 Å². The zero-order valence-electron chi connectivity index (χ0n) is 11.8. The molecule has 1 aromatic heterocycles. The van der Waals surface area contributed by atoms with E-state index in [1.165, 1.54) is 0 Å². The molecule has 0 saturated heterocycles. The zero-order chi connectivity index (χ0) is 14.5. The fourth-order valence-corrected chi connectivity index (χ4v) is 2.38. The van der Waals surface area contributed by atoms with Crippen molar-refractivity contribution in [1.29, 1.82) is 0 Å². The van der Waals surface area contributed by atoms with Crippen molar-refractivity contribution >= 4 is 5.97 Å². The number of pyridine rings is 1. The van der Waals surface area contributed by atoms with Gasteiger partial charge in [0.15, 0.2) is 0 Å². The second-order valence-corrected chi connectivity index (χ2v) is 5.30. The van der Waals surface area contributed by atoms with Gasteiger partial charge >= 0.3 is 5.97 Å². The van der Waals surface area contributed by atoms with Crippen LogP contribution in [-0.4, -0.2) is 16.1 Å². The van der Waals surface area contributed by atoms with E-state index in [2.05, 4.69) is 4.98 Å². The Morgan fingerprint density at radius 3 is 2.45 bits per heavy atom. The molecule has 0 aliphatic heterocycles. The Morgan fingerprint density at radius 2 is 1.80 bits per heavy atom. The third-order valence-corrected chi connectivity index (χ3v) is 3.33. The number of carbonyl (C=O) groups is 1. The van der Waals surface area contributed by atoms with Crippen LogP contribution in [-0.2, 0) is 17.6 Å². The summed E-state index contributed by atoms with van der Waals surface area (Å²) in [7, 11) is 0. The van der Waals surface area contributed by atoms with Crippen LogP contribution < -0.4 is 0 Å². The molecule has 0 bridgehead atoms. The van der Waals surface area contributed by atoms with E-state index in [1.54, 1.807) is 12.4 Å². The van der Waals surface area contributed by atoms with Gasteiger partial charge in [0.1, 0.15) is 0 Å². The first-order valence-electron chi connectivity index (χ1n) is 6.73. The van der Waals surface area contributed by atoms with Crippen molar-refractivity contribution in [3.63, 3.8) is 0 Å². The van der Waals surface area contributed by atoms with Gasteiger partial charge in [-0.1, -0.05) is 35.9 Å². The van der Waals surface area contributed by atoms with E-state index in [9.17, 15) is 9.90 Å². The highest BCUT2D eigenvalue weighted by Gasteiger charge is 2.19. The average Bonchev–Trinajstić information content (AvgIpc) is 2.38. The van der Waals surface area contributed by atoms with Crippen molar-refractivity contribution in [1.82, 2.24) is 4.98 Å². The molecule has 3 nitrogen and oxygen atoms in total. The molecule has 1 N–H and O–H groups in total. The topological polar surface area (TPSA) is 50.2 Å². The highest BCUT2D eigenvalue weighted by Crippen LogP contribution is 2.16. The molecule has 2 aromatic rings. The summed E-state index contributed by atoms with van der Waals surface area (Å²) in [6, 6.07) is 10.0. The molecule has 0 radical (unpaired) electrons. The summed E-state index contributed by atoms with van der Waals surface area (Å²) in [5.74, 6) is -1.17. The lowest BCUT2D eigenvalue weighted by Crippen LogP contribution is -2.19. The first-order chi connectivity index (χ1) is 9.54. The SMILES string of the molecule is Cc1cccc(CC(Cc2cncc(C)c2)C(=O)O)c1. The summed E-state index contributed by atoms with van der Waals surface area (Å²) in [5.41, 5.74) is 4.26. The largest absolute Gasteiger partial charge is 0.481 e. The predicted octanol–water partition coefficient (Wildman–Crippen LogP) is 3.18. The number of aliphatic carboxylic acids is 1. The second-order valence-electron chi connectivity index (χ2n) is 5.30. The van der Waals surface area contributed by atoms with Crippen molar-refractivity contribution in [3.05, 3.63) is 65.0 Å². The Hall–Kier alpha value is -2.16. The van der Waals surface area contributed by atoms with Crippen LogP contribution >= 0.6 is 0 Å². The first-order valence-corrected chi connectivity index (χ1v) is 6.73. The lowest BCUT2D eigenvalue weighted by atomic mass is 9.92. The lowest BCUT2D eigenvalue weighted by molar-refractivity contribution is -0.141. The molecule has 1 heterocycles. The van der Waals surface area contributed by atoms with Crippen LogP contribution in [0.2, 0.25) is 0 Å². The smallest absolute Gasteiger partial charge is 0.307 e. The Morgan fingerprint density at radius 1 is 1.10 bits per heavy atom. The summed E-state index contributed by atoms with van der Waals surface area (Å²) >= 11 is 0. The number of hydrogen-bond acceptors (Lipinski definition) is 2. The minimum atomic E-state index is -0.756. The number of carboxylic acid groups (broad SMARTS) is 1. The summed E-state index contributed by atoms with van der Waals surface area (Å²) in [6.07, 6.45) is 4.59. The van der Waals surface area contributed by atoms with Gasteiger partial charge in [-0.15, -0.1) is 0 Å². The molecule has 20 heavy (non-hydrogen) atoms. The van der Waals surface area contributed by atoms with Crippen molar-refractivity contribution in [2.24, 2.45) is 5.92 Å². The van der Waals surface area contributed by atoms with Gasteiger partial charge in [-0.2, -0.15) is 0 Å². The molecule has 0 amide bonds. The molecular weight excluding hydrogens is 250 g/mol. The van der Waals surface area contributed by atoms with E-state index in [4.69, 9.17) is 0 Å². The van der Waals surface area contributed by atoms with Crippen LogP contribution in [0.25, 0.3) is 0 Å². The van der Waals surface area contributed by atoms with Crippen molar-refractivity contribution in [2.75, 3.05) is 0 Å². The second kappa shape index (κ2) is 6.33. The van der Waals surface area contributed by atoms with Gasteiger partial charge in [0.2, 0.25) is 0 Å². The van der Waals surface area contributed by atoms with Crippen molar-refractivity contribution in [2.45, 2.75) is 26.7 Å². The van der Waals surface area contributed by atoms with Crippen LogP contribution in [0.3, 0.4) is 0 Å². The summed E-state index contributed by atoms with van der Waals surface area (Å²) in [6.45, 7) is 3.98. The molecular formula is C17H19NO2. The third-order valence-electron chi connectivity index (χ3n) is 3.33. The fraction of sp³-hybridized carbons (Fsp3) is 0.294. The van der Waals surface area contributed by atoms with E-state index in [0.717, 1.165) is 22.3 Å². The molecule has 1 atom stereocenters. The van der Waals surface area contributed by atoms with Crippen LogP contribution in [0.5, 0.6) is 0 Å². The number of carboxylic acids is 1. The van der Waals surface area contributed by atoms with E-state index in [1.807, 2.05) is 44.2 Å². The molecule has 0 fully saturated rings. The molecule has 0 saturated carbocycles. The van der Waals surface area contributed by atoms with Gasteiger partial charge in [-0.25, -0.2) is 0 Å². The highest BCUT2D eigenvalue weighted by atomic mass is 16.4. The van der Waals surface area contributed by atoms with Gasteiger partial charge in [0.25, 0.3) is 0 Å². The van der Waals surface area contributed by atoms with Gasteiger partial charge in [-0.05, 0) is 43.4 Å². The number of hydrogen-bond donors (Lipinski definition) is 1. The number of aromatic nitrogens is 1. The van der Waals surface area contributed by atoms with Gasteiger partial charge < -0.3 is 5.11 Å². The van der Waals surface area contributed by atoms with Crippen molar-refractivity contribution in [3.8, 4) is 0 Å². The average molecular weight is 269 g/mol. The number of nitrogens with zero attached hydrogens (tertiary/aromatic N) is 1. The van der Waals surface area contributed by atoms with Gasteiger partial charge in [-0.3, -0.25) is 9.78 Å². The van der Waals surface area contributed by atoms with Gasteiger partial charge in [0, 0.05) is 12.4 Å². The minimum Gasteiger partial charge on any atom is -0.481 e. The molecule has 0 spiro atoms. The van der Waals surface area contributed by atoms with E-state index in [0.29, 0.717) is 12.8 Å². The molecule has 1 unspecified atom stereocenters. The maximum absolute atomic E-state index is 11.5. The maximum Gasteiger partial charge on any atom is 0.307 e. The summed E-state index contributed by atoms with van der Waals surface area (Å²) in [4.78, 5) is 15.6. The molecule has 1 aromatic carbocycles. The quantitative estimate of drug-likeness (QED) is 0.907. The fourth-order valence-electron chi connectivity index (χ4n) is 2.38. The summed E-state index contributed by atoms with van der Waals surface area (Å²) in [5, 5.41) is 9.41. The standard InChI is InChI=1S/C17H19NO2/c1-12-4-3-5-14(6-12)8-16(17(19)20)9-15-7-13(2)10-18-11-15/h3-7,10-11,16H,8-9H2,1-2H3,(H,19,20). The minimum absolute atomic E-state index is 0.416. The Bertz CT molecular complexity index is 560. The Balaban J connectivity index is 2.13. The number of rotatable bonds is 5. The molecule has 0 aliphatic carbocycles. The Kier molecular flexibility index (Phi) is 4.51. The number of aryl methyl sites for hydroxylation is 2. The number of benzene rings is 1. The lowest BCUT2D eigenvalue weighted by Gasteiger charge is -2.13. The maximum atomic E-state index is 11.5. The normalized spacial score (nSPS) is 12.1. The molecule has 104 valence electrons. The van der Waals surface area contributed by atoms with Crippen LogP contribution in [0, 0.1) is 19.8 Å². The summed E-state index contributed by atoms with van der Waals surface area (Å²) < 4.78 is 0.